The van der Waals surface area contributed by atoms with E-state index in [0.717, 1.165) is 12.8 Å². The minimum atomic E-state index is -0.626. The van der Waals surface area contributed by atoms with Crippen LogP contribution in [0, 0.1) is 5.92 Å². The molecule has 0 aromatic carbocycles. The monoisotopic (exact) mass is 259 g/mol. The molecule has 5 heteroatoms. The molecule has 0 radical (unpaired) electrons. The molecule has 0 unspecified atom stereocenters. The van der Waals surface area contributed by atoms with Crippen molar-refractivity contribution in [2.75, 3.05) is 13.2 Å². The van der Waals surface area contributed by atoms with Crippen molar-refractivity contribution in [3.8, 4) is 0 Å². The summed E-state index contributed by atoms with van der Waals surface area (Å²) in [7, 11) is 0. The number of rotatable bonds is 8. The first-order valence-corrected chi connectivity index (χ1v) is 6.61. The molecule has 106 valence electrons. The number of nitrogens with one attached hydrogen (secondary N) is 1. The summed E-state index contributed by atoms with van der Waals surface area (Å²) in [6.45, 7) is 8.40. The van der Waals surface area contributed by atoms with E-state index in [1.807, 2.05) is 20.8 Å². The SMILES string of the molecule is CCCCOC(=O)N[C@@H](CC(C)C)C(=O)OCC. The minimum Gasteiger partial charge on any atom is -0.464 e. The highest BCUT2D eigenvalue weighted by molar-refractivity contribution is 5.81. The van der Waals surface area contributed by atoms with Gasteiger partial charge in [-0.3, -0.25) is 0 Å². The molecular weight excluding hydrogens is 234 g/mol. The van der Waals surface area contributed by atoms with Crippen LogP contribution in [-0.2, 0) is 14.3 Å². The maximum Gasteiger partial charge on any atom is 0.407 e. The Morgan fingerprint density at radius 1 is 1.17 bits per heavy atom. The summed E-state index contributed by atoms with van der Waals surface area (Å²) in [4.78, 5) is 23.1. The molecule has 0 heterocycles. The topological polar surface area (TPSA) is 64.6 Å². The van der Waals surface area contributed by atoms with Crippen LogP contribution in [0.15, 0.2) is 0 Å². The number of carbonyl (C=O) groups is 2. The quantitative estimate of drug-likeness (QED) is 0.537. The second-order valence-corrected chi connectivity index (χ2v) is 4.57. The molecule has 5 nitrogen and oxygen atoms in total. The number of ether oxygens (including phenoxy) is 2. The summed E-state index contributed by atoms with van der Waals surface area (Å²) in [6.07, 6.45) is 1.77. The first-order chi connectivity index (χ1) is 8.51. The third-order valence-corrected chi connectivity index (χ3v) is 2.30. The number of amides is 1. The largest absolute Gasteiger partial charge is 0.464 e. The molecule has 0 spiro atoms. The van der Waals surface area contributed by atoms with E-state index >= 15 is 0 Å². The van der Waals surface area contributed by atoms with Crippen molar-refractivity contribution in [1.29, 1.82) is 0 Å². The average molecular weight is 259 g/mol. The van der Waals surface area contributed by atoms with E-state index in [0.29, 0.717) is 19.6 Å². The molecule has 0 aliphatic heterocycles. The van der Waals surface area contributed by atoms with Gasteiger partial charge in [-0.15, -0.1) is 0 Å². The zero-order chi connectivity index (χ0) is 14.0. The maximum atomic E-state index is 11.7. The smallest absolute Gasteiger partial charge is 0.407 e. The summed E-state index contributed by atoms with van der Waals surface area (Å²) in [6, 6.07) is -0.626. The van der Waals surface area contributed by atoms with Crippen LogP contribution in [0.3, 0.4) is 0 Å². The molecule has 0 saturated heterocycles. The van der Waals surface area contributed by atoms with E-state index in [1.165, 1.54) is 0 Å². The fourth-order valence-electron chi connectivity index (χ4n) is 1.42. The van der Waals surface area contributed by atoms with Crippen molar-refractivity contribution >= 4 is 12.1 Å². The van der Waals surface area contributed by atoms with Crippen molar-refractivity contribution in [3.05, 3.63) is 0 Å². The normalized spacial score (nSPS) is 12.1. The summed E-state index contributed by atoms with van der Waals surface area (Å²) >= 11 is 0. The molecule has 0 aromatic rings. The number of hydrogen-bond donors (Lipinski definition) is 1. The first-order valence-electron chi connectivity index (χ1n) is 6.61. The molecule has 0 aromatic heterocycles. The van der Waals surface area contributed by atoms with Gasteiger partial charge < -0.3 is 14.8 Å². The van der Waals surface area contributed by atoms with Gasteiger partial charge in [0.1, 0.15) is 6.04 Å². The highest BCUT2D eigenvalue weighted by Gasteiger charge is 2.23. The van der Waals surface area contributed by atoms with Gasteiger partial charge in [-0.25, -0.2) is 9.59 Å². The van der Waals surface area contributed by atoms with E-state index < -0.39 is 18.1 Å². The highest BCUT2D eigenvalue weighted by Crippen LogP contribution is 2.07. The molecule has 0 aliphatic rings. The Kier molecular flexibility index (Phi) is 9.06. The number of unbranched alkanes of at least 4 members (excludes halogenated alkanes) is 1. The standard InChI is InChI=1S/C13H25NO4/c1-5-7-8-18-13(16)14-11(9-10(3)4)12(15)17-6-2/h10-11H,5-9H2,1-4H3,(H,14,16)/t11-/m0/s1. The van der Waals surface area contributed by atoms with Gasteiger partial charge in [0.05, 0.1) is 13.2 Å². The van der Waals surface area contributed by atoms with Gasteiger partial charge in [-0.05, 0) is 25.7 Å². The molecule has 0 fully saturated rings. The van der Waals surface area contributed by atoms with Crippen LogP contribution in [0.1, 0.15) is 47.0 Å². The molecule has 0 rings (SSSR count). The Morgan fingerprint density at radius 2 is 1.83 bits per heavy atom. The molecule has 1 N–H and O–H groups in total. The number of alkyl carbamates (subject to hydrolysis) is 1. The Labute approximate surface area is 109 Å². The fourth-order valence-corrected chi connectivity index (χ4v) is 1.42. The molecule has 1 atom stereocenters. The van der Waals surface area contributed by atoms with Crippen molar-refractivity contribution in [2.45, 2.75) is 53.0 Å². The van der Waals surface area contributed by atoms with Crippen molar-refractivity contribution < 1.29 is 19.1 Å². The third-order valence-electron chi connectivity index (χ3n) is 2.30. The van der Waals surface area contributed by atoms with Crippen LogP contribution in [0.2, 0.25) is 0 Å². The second kappa shape index (κ2) is 9.74. The van der Waals surface area contributed by atoms with Crippen molar-refractivity contribution in [3.63, 3.8) is 0 Å². The van der Waals surface area contributed by atoms with E-state index in [4.69, 9.17) is 9.47 Å². The van der Waals surface area contributed by atoms with Gasteiger partial charge in [-0.2, -0.15) is 0 Å². The van der Waals surface area contributed by atoms with Crippen LogP contribution in [-0.4, -0.2) is 31.3 Å². The zero-order valence-electron chi connectivity index (χ0n) is 11.8. The van der Waals surface area contributed by atoms with Crippen LogP contribution >= 0.6 is 0 Å². The van der Waals surface area contributed by atoms with Crippen LogP contribution < -0.4 is 5.32 Å². The molecule has 1 amide bonds. The average Bonchev–Trinajstić information content (AvgIpc) is 2.28. The van der Waals surface area contributed by atoms with Crippen molar-refractivity contribution in [2.24, 2.45) is 5.92 Å². The maximum absolute atomic E-state index is 11.7. The zero-order valence-corrected chi connectivity index (χ0v) is 11.8. The van der Waals surface area contributed by atoms with Gasteiger partial charge >= 0.3 is 12.1 Å². The van der Waals surface area contributed by atoms with Gasteiger partial charge in [0.15, 0.2) is 0 Å². The van der Waals surface area contributed by atoms with Gasteiger partial charge in [-0.1, -0.05) is 27.2 Å². The van der Waals surface area contributed by atoms with Crippen LogP contribution in [0.4, 0.5) is 4.79 Å². The Morgan fingerprint density at radius 3 is 2.33 bits per heavy atom. The van der Waals surface area contributed by atoms with E-state index in [-0.39, 0.29) is 5.92 Å². The molecule has 0 aliphatic carbocycles. The Hall–Kier alpha value is -1.26. The molecule has 0 saturated carbocycles. The highest BCUT2D eigenvalue weighted by atomic mass is 16.6. The molecular formula is C13H25NO4. The van der Waals surface area contributed by atoms with E-state index in [1.54, 1.807) is 6.92 Å². The molecule has 18 heavy (non-hydrogen) atoms. The van der Waals surface area contributed by atoms with Crippen molar-refractivity contribution in [1.82, 2.24) is 5.32 Å². The lowest BCUT2D eigenvalue weighted by molar-refractivity contribution is -0.146. The summed E-state index contributed by atoms with van der Waals surface area (Å²) in [5, 5.41) is 2.56. The molecule has 0 bridgehead atoms. The van der Waals surface area contributed by atoms with E-state index in [2.05, 4.69) is 5.32 Å². The number of esters is 1. The summed E-state index contributed by atoms with van der Waals surface area (Å²) < 4.78 is 9.89. The lowest BCUT2D eigenvalue weighted by Crippen LogP contribution is -2.43. The first kappa shape index (κ1) is 16.7. The Balaban J connectivity index is 4.21. The lowest BCUT2D eigenvalue weighted by atomic mass is 10.0. The lowest BCUT2D eigenvalue weighted by Gasteiger charge is -2.18. The number of carbonyl (C=O) groups excluding carboxylic acids is 2. The number of hydrogen-bond acceptors (Lipinski definition) is 4. The Bertz CT molecular complexity index is 253. The fraction of sp³-hybridized carbons (Fsp3) is 0.846. The van der Waals surface area contributed by atoms with Gasteiger partial charge in [0.25, 0.3) is 0 Å². The van der Waals surface area contributed by atoms with Gasteiger partial charge in [0, 0.05) is 0 Å². The van der Waals surface area contributed by atoms with E-state index in [9.17, 15) is 9.59 Å². The summed E-state index contributed by atoms with van der Waals surface area (Å²) in [5.41, 5.74) is 0. The third kappa shape index (κ3) is 7.92. The second-order valence-electron chi connectivity index (χ2n) is 4.57. The van der Waals surface area contributed by atoms with Gasteiger partial charge in [0.2, 0.25) is 0 Å². The predicted octanol–water partition coefficient (Wildman–Crippen LogP) is 2.49. The predicted molar refractivity (Wildman–Crippen MR) is 69.3 cm³/mol. The van der Waals surface area contributed by atoms with Crippen LogP contribution in [0.5, 0.6) is 0 Å². The summed E-state index contributed by atoms with van der Waals surface area (Å²) in [5.74, 6) is -0.117. The minimum absolute atomic E-state index is 0.287. The van der Waals surface area contributed by atoms with Crippen LogP contribution in [0.25, 0.3) is 0 Å².